The number of hydrogen-bond donors (Lipinski definition) is 3. The number of anilines is 3. The SMILES string of the molecule is C=CCn1c(SCC(=O)Nc2ccccc2)nnc1-c1cccnc1.CC.CC.CC.CC(F)(F)C(Sc1nnc(-c2cccnc2)n1Cc1ccccc1)C(=O)Nc1ccccc1.CCn1c(SC(COC)C(=O)Nc2ccccc2)nnc1-c1cccnc1.[HH].[HH].[HH]. The van der Waals surface area contributed by atoms with Crippen LogP contribution in [0.25, 0.3) is 34.2 Å². The standard InChI is InChI=1S/C24H21F2N5OS.C19H21N5O2S.C18H17N5OS.3C2H6.3H2/c1-24(25,26)20(22(32)28-19-12-6-3-7-13-19)33-23-30-29-21(18-11-8-14-27-15-18)31(23)16-17-9-4-2-5-10-17;1-3-24-17(14-8-7-11-20-12-14)22-23-19(24)27-16(13-26-2)18(25)21-15-9-5-4-6-10-15;1-2-11-23-17(14-7-6-10-19-12-14)21-22-18(23)25-13-16(24)20-15-8-4-3-5-9-15;3*1-2;;;/h2-15,20H,16H2,1H3,(H,28,32);4-12,16H,3,13H2,1-2H3,(H,21,25);2-10,12H,1,11,13H2,(H,20,24);3*1-2H3;3*1H. The number of carbonyl (C=O) groups excluding carboxylic acids is 3. The van der Waals surface area contributed by atoms with Gasteiger partial charge in [0.25, 0.3) is 5.92 Å². The van der Waals surface area contributed by atoms with Crippen molar-refractivity contribution in [2.24, 2.45) is 0 Å². The fourth-order valence-corrected chi connectivity index (χ4v) is 10.8. The molecule has 3 amide bonds. The van der Waals surface area contributed by atoms with Gasteiger partial charge in [0.15, 0.2) is 38.2 Å². The van der Waals surface area contributed by atoms with E-state index in [9.17, 15) is 23.2 Å². The molecular weight excluding hydrogens is 1210 g/mol. The average molecular weight is 1300 g/mol. The number of rotatable bonds is 23. The van der Waals surface area contributed by atoms with Crippen LogP contribution in [-0.4, -0.2) is 113 Å². The van der Waals surface area contributed by atoms with Crippen LogP contribution in [0.1, 0.15) is 65.2 Å². The Kier molecular flexibility index (Phi) is 31.6. The van der Waals surface area contributed by atoms with Crippen LogP contribution in [0.15, 0.2) is 223 Å². The van der Waals surface area contributed by atoms with Crippen molar-refractivity contribution in [3.05, 3.63) is 213 Å². The van der Waals surface area contributed by atoms with Crippen molar-refractivity contribution in [2.75, 3.05) is 35.4 Å². The highest BCUT2D eigenvalue weighted by molar-refractivity contribution is 8.00. The molecule has 3 N–H and O–H groups in total. The summed E-state index contributed by atoms with van der Waals surface area (Å²) in [5, 5.41) is 33.2. The molecule has 0 radical (unpaired) electrons. The van der Waals surface area contributed by atoms with Gasteiger partial charge in [-0.25, -0.2) is 8.78 Å². The number of allylic oxidation sites excluding steroid dienone is 1. The van der Waals surface area contributed by atoms with Gasteiger partial charge >= 0.3 is 0 Å². The molecule has 0 spiro atoms. The van der Waals surface area contributed by atoms with Crippen LogP contribution in [-0.2, 0) is 38.8 Å². The lowest BCUT2D eigenvalue weighted by Crippen LogP contribution is -2.39. The maximum Gasteiger partial charge on any atom is 0.266 e. The van der Waals surface area contributed by atoms with Gasteiger partial charge in [-0.1, -0.05) is 168 Å². The summed E-state index contributed by atoms with van der Waals surface area (Å²) in [6.45, 7) is 20.4. The van der Waals surface area contributed by atoms with Crippen molar-refractivity contribution in [3.8, 4) is 34.2 Å². The Hall–Kier alpha value is -9.23. The Bertz CT molecular complexity index is 3700. The van der Waals surface area contributed by atoms with E-state index in [4.69, 9.17) is 4.74 Å². The van der Waals surface area contributed by atoms with Gasteiger partial charge in [-0.2, -0.15) is 0 Å². The largest absolute Gasteiger partial charge is 0.383 e. The van der Waals surface area contributed by atoms with E-state index in [0.29, 0.717) is 64.6 Å². The summed E-state index contributed by atoms with van der Waals surface area (Å²) in [6, 6.07) is 47.9. The van der Waals surface area contributed by atoms with Gasteiger partial charge in [-0.15, -0.1) is 37.2 Å². The number of ether oxygens (including phenoxy) is 1. The zero-order valence-electron chi connectivity index (χ0n) is 52.4. The van der Waals surface area contributed by atoms with Crippen LogP contribution >= 0.6 is 35.3 Å². The molecule has 6 heterocycles. The average Bonchev–Trinajstić information content (AvgIpc) is 1.69. The second kappa shape index (κ2) is 39.7. The number of methoxy groups -OCH3 is 1. The van der Waals surface area contributed by atoms with Gasteiger partial charge < -0.3 is 25.3 Å². The summed E-state index contributed by atoms with van der Waals surface area (Å²) in [5.41, 5.74) is 5.36. The van der Waals surface area contributed by atoms with Gasteiger partial charge in [-0.05, 0) is 85.3 Å². The number of halogens is 2. The molecule has 482 valence electrons. The number of alkyl halides is 2. The van der Waals surface area contributed by atoms with Crippen molar-refractivity contribution in [2.45, 2.75) is 107 Å². The number of pyridine rings is 3. The van der Waals surface area contributed by atoms with Gasteiger partial charge in [0.2, 0.25) is 17.7 Å². The zero-order valence-corrected chi connectivity index (χ0v) is 54.9. The highest BCUT2D eigenvalue weighted by Gasteiger charge is 2.42. The Morgan fingerprint density at radius 3 is 1.41 bits per heavy atom. The monoisotopic (exact) mass is 1300 g/mol. The van der Waals surface area contributed by atoms with Crippen LogP contribution in [0.3, 0.4) is 0 Å². The molecule has 24 heteroatoms. The third-order valence-electron chi connectivity index (χ3n) is 12.0. The highest BCUT2D eigenvalue weighted by Crippen LogP contribution is 2.36. The molecule has 0 saturated carbocycles. The molecule has 10 aromatic rings. The molecule has 19 nitrogen and oxygen atoms in total. The van der Waals surface area contributed by atoms with Crippen molar-refractivity contribution in [1.29, 1.82) is 0 Å². The Morgan fingerprint density at radius 2 is 0.978 bits per heavy atom. The first-order valence-corrected chi connectivity index (χ1v) is 32.2. The number of carbonyl (C=O) groups is 3. The molecule has 2 atom stereocenters. The predicted molar refractivity (Wildman–Crippen MR) is 369 cm³/mol. The fourth-order valence-electron chi connectivity index (χ4n) is 8.02. The van der Waals surface area contributed by atoms with E-state index in [-0.39, 0.29) is 33.6 Å². The zero-order chi connectivity index (χ0) is 65.8. The molecule has 0 aliphatic rings. The number of benzene rings is 4. The van der Waals surface area contributed by atoms with E-state index in [1.807, 2.05) is 179 Å². The second-order valence-electron chi connectivity index (χ2n) is 18.3. The van der Waals surface area contributed by atoms with E-state index in [1.165, 1.54) is 23.5 Å². The number of nitrogens with zero attached hydrogens (tertiary/aromatic N) is 12. The summed E-state index contributed by atoms with van der Waals surface area (Å²) in [6.07, 6.45) is 12.0. The topological polar surface area (TPSA) is 227 Å². The molecular formula is C67H83F2N15O4S3. The minimum atomic E-state index is -3.30. The highest BCUT2D eigenvalue weighted by atomic mass is 32.2. The van der Waals surface area contributed by atoms with Crippen molar-refractivity contribution in [3.63, 3.8) is 0 Å². The molecule has 2 unspecified atom stereocenters. The molecule has 91 heavy (non-hydrogen) atoms. The minimum absolute atomic E-state index is 0. The Labute approximate surface area is 548 Å². The summed E-state index contributed by atoms with van der Waals surface area (Å²) in [7, 11) is 1.58. The third-order valence-corrected chi connectivity index (χ3v) is 15.5. The maximum atomic E-state index is 14.6. The molecule has 0 aliphatic heterocycles. The lowest BCUT2D eigenvalue weighted by Gasteiger charge is -2.22. The van der Waals surface area contributed by atoms with Crippen LogP contribution < -0.4 is 16.0 Å². The van der Waals surface area contributed by atoms with Gasteiger partial charge in [0, 0.05) is 102 Å². The maximum absolute atomic E-state index is 14.6. The van der Waals surface area contributed by atoms with E-state index < -0.39 is 22.3 Å². The fraction of sp³-hybridized carbons (Fsp3) is 0.254. The summed E-state index contributed by atoms with van der Waals surface area (Å²) in [5.74, 6) is -2.17. The number of hydrogen-bond acceptors (Lipinski definition) is 16. The second-order valence-corrected chi connectivity index (χ2v) is 21.5. The number of aromatic nitrogens is 12. The number of para-hydroxylation sites is 3. The first-order chi connectivity index (χ1) is 44.4. The smallest absolute Gasteiger partial charge is 0.266 e. The molecule has 0 fully saturated rings. The lowest BCUT2D eigenvalue weighted by molar-refractivity contribution is -0.121. The molecule has 6 aromatic heterocycles. The van der Waals surface area contributed by atoms with Gasteiger partial charge in [-0.3, -0.25) is 38.5 Å². The number of amides is 3. The Morgan fingerprint density at radius 1 is 0.560 bits per heavy atom. The lowest BCUT2D eigenvalue weighted by atomic mass is 10.2. The quantitative estimate of drug-likeness (QED) is 0.0400. The number of thioether (sulfide) groups is 3. The number of nitrogens with one attached hydrogen (secondary N) is 3. The summed E-state index contributed by atoms with van der Waals surface area (Å²) >= 11 is 3.37. The summed E-state index contributed by atoms with van der Waals surface area (Å²) in [4.78, 5) is 50.0. The predicted octanol–water partition coefficient (Wildman–Crippen LogP) is 15.3. The van der Waals surface area contributed by atoms with E-state index in [2.05, 4.69) is 68.1 Å². The molecule has 0 bridgehead atoms. The third kappa shape index (κ3) is 22.6. The van der Waals surface area contributed by atoms with Crippen molar-refractivity contribution < 1.29 is 32.2 Å². The molecule has 10 rings (SSSR count). The van der Waals surface area contributed by atoms with Crippen LogP contribution in [0, 0.1) is 0 Å². The van der Waals surface area contributed by atoms with Crippen molar-refractivity contribution in [1.82, 2.24) is 59.2 Å². The molecule has 0 saturated heterocycles. The molecule has 0 aliphatic carbocycles. The van der Waals surface area contributed by atoms with Crippen LogP contribution in [0.5, 0.6) is 0 Å². The summed E-state index contributed by atoms with van der Waals surface area (Å²) < 4.78 is 40.0. The first kappa shape index (κ1) is 72.5. The molecule has 4 aromatic carbocycles. The van der Waals surface area contributed by atoms with Crippen molar-refractivity contribution >= 4 is 70.1 Å². The van der Waals surface area contributed by atoms with Crippen LogP contribution in [0.4, 0.5) is 25.8 Å². The van der Waals surface area contributed by atoms with Gasteiger partial charge in [0.1, 0.15) is 5.25 Å². The first-order valence-electron chi connectivity index (χ1n) is 29.5. The van der Waals surface area contributed by atoms with E-state index >= 15 is 0 Å². The van der Waals surface area contributed by atoms with Crippen LogP contribution in [0.2, 0.25) is 0 Å². The normalized spacial score (nSPS) is 11.1. The van der Waals surface area contributed by atoms with E-state index in [0.717, 1.165) is 40.8 Å². The van der Waals surface area contributed by atoms with Gasteiger partial charge in [0.05, 0.1) is 18.9 Å². The Balaban J connectivity index is 0.000000458. The minimum Gasteiger partial charge on any atom is -0.383 e. The van der Waals surface area contributed by atoms with E-state index in [1.54, 1.807) is 91.3 Å².